The van der Waals surface area contributed by atoms with Crippen LogP contribution in [0, 0.1) is 0 Å². The number of carbonyl (C=O) groups is 1. The number of benzene rings is 4. The number of nitrogens with one attached hydrogen (secondary N) is 1. The van der Waals surface area contributed by atoms with Crippen LogP contribution in [-0.4, -0.2) is 19.2 Å². The summed E-state index contributed by atoms with van der Waals surface area (Å²) in [7, 11) is 1.58. The lowest BCUT2D eigenvalue weighted by Crippen LogP contribution is -2.18. The molecule has 0 aliphatic heterocycles. The number of nitrogens with zero attached hydrogens (tertiary/aromatic N) is 1. The molecule has 1 amide bonds. The fraction of sp³-hybridized carbons (Fsp3) is 0.103. The van der Waals surface area contributed by atoms with E-state index in [1.54, 1.807) is 37.4 Å². The first-order valence-corrected chi connectivity index (χ1v) is 11.7. The first-order chi connectivity index (χ1) is 17.7. The van der Waals surface area contributed by atoms with E-state index < -0.39 is 5.91 Å². The van der Waals surface area contributed by atoms with E-state index in [1.807, 2.05) is 66.7 Å². The molecular weight excluding hydrogens is 476 g/mol. The fourth-order valence-electron chi connectivity index (χ4n) is 3.45. The van der Waals surface area contributed by atoms with Gasteiger partial charge in [0.15, 0.2) is 11.5 Å². The van der Waals surface area contributed by atoms with Gasteiger partial charge in [-0.2, -0.15) is 5.10 Å². The number of hydrazone groups is 1. The summed E-state index contributed by atoms with van der Waals surface area (Å²) >= 11 is 6.21. The Morgan fingerprint density at radius 1 is 0.833 bits per heavy atom. The summed E-state index contributed by atoms with van der Waals surface area (Å²) in [5.74, 6) is 1.12. The van der Waals surface area contributed by atoms with E-state index in [0.29, 0.717) is 40.0 Å². The third kappa shape index (κ3) is 6.43. The van der Waals surface area contributed by atoms with Crippen molar-refractivity contribution in [3.8, 4) is 17.2 Å². The number of halogens is 1. The van der Waals surface area contributed by atoms with Gasteiger partial charge >= 0.3 is 0 Å². The van der Waals surface area contributed by atoms with Crippen molar-refractivity contribution in [3.63, 3.8) is 0 Å². The lowest BCUT2D eigenvalue weighted by Gasteiger charge is -2.13. The second kappa shape index (κ2) is 12.4. The number of carbonyl (C=O) groups excluding carboxylic acids is 1. The maximum atomic E-state index is 12.9. The van der Waals surface area contributed by atoms with Gasteiger partial charge in [-0.3, -0.25) is 4.79 Å². The van der Waals surface area contributed by atoms with Gasteiger partial charge in [0.05, 0.1) is 18.9 Å². The highest BCUT2D eigenvalue weighted by Crippen LogP contribution is 2.31. The Bertz CT molecular complexity index is 1340. The molecule has 4 rings (SSSR count). The molecule has 0 unspecified atom stereocenters. The van der Waals surface area contributed by atoms with Crippen molar-refractivity contribution in [3.05, 3.63) is 124 Å². The molecule has 0 saturated heterocycles. The molecule has 0 aliphatic rings. The van der Waals surface area contributed by atoms with Crippen molar-refractivity contribution in [1.29, 1.82) is 0 Å². The van der Waals surface area contributed by atoms with Crippen molar-refractivity contribution in [2.24, 2.45) is 5.10 Å². The Morgan fingerprint density at radius 2 is 1.56 bits per heavy atom. The van der Waals surface area contributed by atoms with Gasteiger partial charge in [-0.1, -0.05) is 78.3 Å². The Balaban J connectivity index is 1.45. The molecule has 0 aliphatic carbocycles. The molecule has 182 valence electrons. The van der Waals surface area contributed by atoms with Crippen molar-refractivity contribution in [2.45, 2.75) is 13.2 Å². The second-order valence-electron chi connectivity index (χ2n) is 7.73. The molecule has 0 radical (unpaired) electrons. The Hall–Kier alpha value is -4.29. The van der Waals surface area contributed by atoms with Crippen LogP contribution in [0.1, 0.15) is 27.0 Å². The second-order valence-corrected chi connectivity index (χ2v) is 8.14. The van der Waals surface area contributed by atoms with E-state index in [9.17, 15) is 4.79 Å². The predicted molar refractivity (Wildman–Crippen MR) is 141 cm³/mol. The van der Waals surface area contributed by atoms with E-state index in [1.165, 1.54) is 6.21 Å². The van der Waals surface area contributed by atoms with Crippen LogP contribution in [-0.2, 0) is 13.2 Å². The number of rotatable bonds is 10. The van der Waals surface area contributed by atoms with Crippen LogP contribution in [0.3, 0.4) is 0 Å². The van der Waals surface area contributed by atoms with Crippen LogP contribution in [0.2, 0.25) is 5.02 Å². The van der Waals surface area contributed by atoms with Gasteiger partial charge in [-0.15, -0.1) is 0 Å². The minimum absolute atomic E-state index is 0.235. The van der Waals surface area contributed by atoms with Crippen molar-refractivity contribution < 1.29 is 19.0 Å². The number of ether oxygens (including phenoxy) is 3. The first-order valence-electron chi connectivity index (χ1n) is 11.3. The number of hydrogen-bond acceptors (Lipinski definition) is 5. The van der Waals surface area contributed by atoms with Crippen molar-refractivity contribution >= 4 is 23.7 Å². The van der Waals surface area contributed by atoms with Crippen molar-refractivity contribution in [1.82, 2.24) is 5.43 Å². The van der Waals surface area contributed by atoms with Gasteiger partial charge in [0, 0.05) is 16.1 Å². The molecule has 1 N–H and O–H groups in total. The topological polar surface area (TPSA) is 69.2 Å². The molecule has 0 saturated carbocycles. The van der Waals surface area contributed by atoms with Crippen LogP contribution in [0.25, 0.3) is 0 Å². The average molecular weight is 501 g/mol. The third-order valence-electron chi connectivity index (χ3n) is 5.30. The average Bonchev–Trinajstić information content (AvgIpc) is 2.92. The van der Waals surface area contributed by atoms with Crippen molar-refractivity contribution in [2.75, 3.05) is 7.11 Å². The van der Waals surface area contributed by atoms with Crippen LogP contribution in [0.4, 0.5) is 0 Å². The zero-order chi connectivity index (χ0) is 25.2. The zero-order valence-electron chi connectivity index (χ0n) is 19.7. The van der Waals surface area contributed by atoms with Crippen LogP contribution in [0.15, 0.2) is 102 Å². The summed E-state index contributed by atoms with van der Waals surface area (Å²) in [5, 5.41) is 4.75. The van der Waals surface area contributed by atoms with E-state index in [4.69, 9.17) is 25.8 Å². The van der Waals surface area contributed by atoms with Crippen LogP contribution >= 0.6 is 11.6 Å². The molecule has 6 nitrogen and oxygen atoms in total. The highest BCUT2D eigenvalue weighted by atomic mass is 35.5. The monoisotopic (exact) mass is 500 g/mol. The third-order valence-corrected chi connectivity index (χ3v) is 5.67. The fourth-order valence-corrected chi connectivity index (χ4v) is 3.64. The molecular formula is C29H25ClN2O4. The maximum Gasteiger partial charge on any atom is 0.275 e. The molecule has 0 fully saturated rings. The molecule has 7 heteroatoms. The van der Waals surface area contributed by atoms with E-state index in [2.05, 4.69) is 10.5 Å². The summed E-state index contributed by atoms with van der Waals surface area (Å²) in [4.78, 5) is 12.9. The molecule has 4 aromatic carbocycles. The Kier molecular flexibility index (Phi) is 8.57. The lowest BCUT2D eigenvalue weighted by molar-refractivity contribution is 0.0950. The number of amides is 1. The predicted octanol–water partition coefficient (Wildman–Crippen LogP) is 6.27. The highest BCUT2D eigenvalue weighted by Gasteiger charge is 2.13. The minimum atomic E-state index is -0.407. The van der Waals surface area contributed by atoms with E-state index in [-0.39, 0.29) is 6.61 Å². The van der Waals surface area contributed by atoms with Gasteiger partial charge in [0.1, 0.15) is 19.0 Å². The molecule has 0 aromatic heterocycles. The highest BCUT2D eigenvalue weighted by molar-refractivity contribution is 6.31. The van der Waals surface area contributed by atoms with Gasteiger partial charge in [0.25, 0.3) is 5.91 Å². The van der Waals surface area contributed by atoms with Gasteiger partial charge in [0.2, 0.25) is 0 Å². The molecule has 0 heterocycles. The zero-order valence-corrected chi connectivity index (χ0v) is 20.4. The summed E-state index contributed by atoms with van der Waals surface area (Å²) in [6.07, 6.45) is 1.52. The number of para-hydroxylation sites is 2. The van der Waals surface area contributed by atoms with Crippen LogP contribution in [0.5, 0.6) is 17.2 Å². The lowest BCUT2D eigenvalue weighted by atomic mass is 10.2. The maximum absolute atomic E-state index is 12.9. The summed E-state index contributed by atoms with van der Waals surface area (Å²) in [5.41, 5.74) is 5.43. The van der Waals surface area contributed by atoms with Gasteiger partial charge < -0.3 is 14.2 Å². The van der Waals surface area contributed by atoms with Crippen LogP contribution < -0.4 is 19.6 Å². The standard InChI is InChI=1S/C29H25ClN2O4/c1-34-27-17-9-13-22(28(27)36-19-21-10-3-2-4-11-21)18-31-32-29(33)24-14-6-8-16-26(24)35-20-23-12-5-7-15-25(23)30/h2-18H,19-20H2,1H3,(H,32,33)/b31-18+. The Morgan fingerprint density at radius 3 is 2.36 bits per heavy atom. The SMILES string of the molecule is COc1cccc(/C=N/NC(=O)c2ccccc2OCc2ccccc2Cl)c1OCc1ccccc1. The first kappa shape index (κ1) is 24.8. The van der Waals surface area contributed by atoms with E-state index >= 15 is 0 Å². The molecule has 4 aromatic rings. The quantitative estimate of drug-likeness (QED) is 0.206. The normalized spacial score (nSPS) is 10.7. The largest absolute Gasteiger partial charge is 0.493 e. The molecule has 36 heavy (non-hydrogen) atoms. The minimum Gasteiger partial charge on any atom is -0.493 e. The molecule has 0 spiro atoms. The summed E-state index contributed by atoms with van der Waals surface area (Å²) < 4.78 is 17.4. The number of methoxy groups -OCH3 is 1. The summed E-state index contributed by atoms with van der Waals surface area (Å²) in [6.45, 7) is 0.601. The van der Waals surface area contributed by atoms with Gasteiger partial charge in [-0.05, 0) is 35.9 Å². The molecule has 0 bridgehead atoms. The van der Waals surface area contributed by atoms with E-state index in [0.717, 1.165) is 11.1 Å². The summed E-state index contributed by atoms with van der Waals surface area (Å²) in [6, 6.07) is 29.7. The Labute approximate surface area is 215 Å². The number of hydrogen-bond donors (Lipinski definition) is 1. The smallest absolute Gasteiger partial charge is 0.275 e. The van der Waals surface area contributed by atoms with Gasteiger partial charge in [-0.25, -0.2) is 5.43 Å². The molecule has 0 atom stereocenters.